The Morgan fingerprint density at radius 2 is 2.24 bits per heavy atom. The van der Waals surface area contributed by atoms with Crippen LogP contribution in [0.1, 0.15) is 23.3 Å². The molecule has 1 saturated heterocycles. The van der Waals surface area contributed by atoms with E-state index >= 15 is 0 Å². The van der Waals surface area contributed by atoms with E-state index in [4.69, 9.17) is 0 Å². The van der Waals surface area contributed by atoms with Crippen LogP contribution >= 0.6 is 0 Å². The number of pyridine rings is 1. The highest BCUT2D eigenvalue weighted by Crippen LogP contribution is 2.20. The lowest BCUT2D eigenvalue weighted by Crippen LogP contribution is -2.41. The molecule has 2 N–H and O–H groups in total. The first-order valence-corrected chi connectivity index (χ1v) is 7.28. The minimum atomic E-state index is -0.208. The molecule has 0 radical (unpaired) electrons. The average Bonchev–Trinajstić information content (AvgIpc) is 2.95. The zero-order chi connectivity index (χ0) is 14.8. The van der Waals surface area contributed by atoms with Gasteiger partial charge in [0.25, 0.3) is 11.5 Å². The summed E-state index contributed by atoms with van der Waals surface area (Å²) >= 11 is 0. The standard InChI is InChI=1S/C16H19N3O2/c1-17-10-12-6-4-8-19(12)16(21)14-9-11-5-2-3-7-13(11)15(20)18-14/h2-3,5,7,9,12,17H,4,6,8,10H2,1H3,(H,18,20). The van der Waals surface area contributed by atoms with Crippen molar-refractivity contribution >= 4 is 16.7 Å². The third-order valence-corrected chi connectivity index (χ3v) is 4.06. The molecule has 1 aromatic carbocycles. The van der Waals surface area contributed by atoms with Crippen LogP contribution < -0.4 is 10.9 Å². The van der Waals surface area contributed by atoms with Crippen molar-refractivity contribution in [3.8, 4) is 0 Å². The molecule has 1 aliphatic heterocycles. The van der Waals surface area contributed by atoms with Crippen LogP contribution in [0.5, 0.6) is 0 Å². The van der Waals surface area contributed by atoms with Crippen molar-refractivity contribution in [2.75, 3.05) is 20.1 Å². The second kappa shape index (κ2) is 5.69. The number of hydrogen-bond acceptors (Lipinski definition) is 3. The number of nitrogens with zero attached hydrogens (tertiary/aromatic N) is 1. The van der Waals surface area contributed by atoms with Crippen LogP contribution in [0.4, 0.5) is 0 Å². The molecule has 110 valence electrons. The van der Waals surface area contributed by atoms with Crippen LogP contribution in [0.25, 0.3) is 10.8 Å². The molecule has 0 aliphatic carbocycles. The summed E-state index contributed by atoms with van der Waals surface area (Å²) in [5.41, 5.74) is 0.169. The monoisotopic (exact) mass is 285 g/mol. The Bertz CT molecular complexity index is 723. The lowest BCUT2D eigenvalue weighted by Gasteiger charge is -2.24. The van der Waals surface area contributed by atoms with Crippen LogP contribution in [-0.2, 0) is 0 Å². The number of benzene rings is 1. The van der Waals surface area contributed by atoms with Crippen molar-refractivity contribution in [2.24, 2.45) is 0 Å². The number of H-pyrrole nitrogens is 1. The molecule has 2 aromatic rings. The Morgan fingerprint density at radius 3 is 3.05 bits per heavy atom. The van der Waals surface area contributed by atoms with Crippen LogP contribution in [-0.4, -0.2) is 42.0 Å². The predicted molar refractivity (Wildman–Crippen MR) is 82.6 cm³/mol. The summed E-state index contributed by atoms with van der Waals surface area (Å²) in [6.07, 6.45) is 2.01. The number of carbonyl (C=O) groups excluding carboxylic acids is 1. The number of aromatic nitrogens is 1. The topological polar surface area (TPSA) is 65.2 Å². The van der Waals surface area contributed by atoms with E-state index in [0.29, 0.717) is 11.1 Å². The van der Waals surface area contributed by atoms with Gasteiger partial charge in [0.1, 0.15) is 5.69 Å². The number of carbonyl (C=O) groups is 1. The van der Waals surface area contributed by atoms with E-state index in [-0.39, 0.29) is 17.5 Å². The van der Waals surface area contributed by atoms with E-state index in [1.165, 1.54) is 0 Å². The van der Waals surface area contributed by atoms with Gasteiger partial charge in [-0.1, -0.05) is 18.2 Å². The molecule has 1 fully saturated rings. The van der Waals surface area contributed by atoms with Crippen molar-refractivity contribution in [2.45, 2.75) is 18.9 Å². The van der Waals surface area contributed by atoms with E-state index in [2.05, 4.69) is 10.3 Å². The van der Waals surface area contributed by atoms with Gasteiger partial charge in [-0.15, -0.1) is 0 Å². The first-order chi connectivity index (χ1) is 10.2. The molecular formula is C16H19N3O2. The number of hydrogen-bond donors (Lipinski definition) is 2. The fraction of sp³-hybridized carbons (Fsp3) is 0.375. The number of likely N-dealkylation sites (tertiary alicyclic amines) is 1. The van der Waals surface area contributed by atoms with Gasteiger partial charge in [0.05, 0.1) is 0 Å². The zero-order valence-corrected chi connectivity index (χ0v) is 12.1. The van der Waals surface area contributed by atoms with Gasteiger partial charge in [0.2, 0.25) is 0 Å². The normalized spacial score (nSPS) is 18.3. The van der Waals surface area contributed by atoms with Gasteiger partial charge in [0, 0.05) is 24.5 Å². The summed E-state index contributed by atoms with van der Waals surface area (Å²) in [4.78, 5) is 29.3. The second-order valence-corrected chi connectivity index (χ2v) is 5.45. The van der Waals surface area contributed by atoms with Gasteiger partial charge in [-0.2, -0.15) is 0 Å². The van der Waals surface area contributed by atoms with Gasteiger partial charge in [-0.05, 0) is 37.4 Å². The van der Waals surface area contributed by atoms with Crippen LogP contribution in [0.15, 0.2) is 35.1 Å². The molecule has 1 unspecified atom stereocenters. The Hall–Kier alpha value is -2.14. The number of aromatic amines is 1. The molecule has 1 aliphatic rings. The molecule has 2 heterocycles. The number of amides is 1. The molecule has 0 bridgehead atoms. The SMILES string of the molecule is CNCC1CCCN1C(=O)c1cc2ccccc2c(=O)[nH]1. The lowest BCUT2D eigenvalue weighted by atomic mass is 10.1. The molecule has 1 atom stereocenters. The average molecular weight is 285 g/mol. The number of rotatable bonds is 3. The van der Waals surface area contributed by atoms with Crippen molar-refractivity contribution in [1.29, 1.82) is 0 Å². The molecule has 5 heteroatoms. The molecule has 0 saturated carbocycles. The zero-order valence-electron chi connectivity index (χ0n) is 12.1. The number of fused-ring (bicyclic) bond motifs is 1. The van der Waals surface area contributed by atoms with Gasteiger partial charge < -0.3 is 15.2 Å². The fourth-order valence-electron chi connectivity index (χ4n) is 3.03. The van der Waals surface area contributed by atoms with Crippen LogP contribution in [0, 0.1) is 0 Å². The Kier molecular flexibility index (Phi) is 3.75. The quantitative estimate of drug-likeness (QED) is 0.894. The highest BCUT2D eigenvalue weighted by atomic mass is 16.2. The highest BCUT2D eigenvalue weighted by molar-refractivity contribution is 5.96. The first-order valence-electron chi connectivity index (χ1n) is 7.28. The minimum Gasteiger partial charge on any atom is -0.333 e. The van der Waals surface area contributed by atoms with Gasteiger partial charge in [0.15, 0.2) is 0 Å². The Morgan fingerprint density at radius 1 is 1.43 bits per heavy atom. The fourth-order valence-corrected chi connectivity index (χ4v) is 3.03. The van der Waals surface area contributed by atoms with E-state index in [9.17, 15) is 9.59 Å². The van der Waals surface area contributed by atoms with E-state index in [1.54, 1.807) is 12.1 Å². The summed E-state index contributed by atoms with van der Waals surface area (Å²) < 4.78 is 0. The van der Waals surface area contributed by atoms with Gasteiger partial charge in [-0.3, -0.25) is 9.59 Å². The predicted octanol–water partition coefficient (Wildman–Crippen LogP) is 1.35. The summed E-state index contributed by atoms with van der Waals surface area (Å²) in [6, 6.07) is 9.29. The molecule has 1 aromatic heterocycles. The van der Waals surface area contributed by atoms with Crippen molar-refractivity contribution in [1.82, 2.24) is 15.2 Å². The Labute approximate surface area is 123 Å². The molecule has 21 heavy (non-hydrogen) atoms. The van der Waals surface area contributed by atoms with Crippen molar-refractivity contribution < 1.29 is 4.79 Å². The van der Waals surface area contributed by atoms with E-state index in [0.717, 1.165) is 31.3 Å². The van der Waals surface area contributed by atoms with E-state index < -0.39 is 0 Å². The minimum absolute atomic E-state index is 0.0874. The Balaban J connectivity index is 1.96. The molecule has 1 amide bonds. The number of nitrogens with one attached hydrogen (secondary N) is 2. The van der Waals surface area contributed by atoms with Gasteiger partial charge in [-0.25, -0.2) is 0 Å². The lowest BCUT2D eigenvalue weighted by molar-refractivity contribution is 0.0731. The second-order valence-electron chi connectivity index (χ2n) is 5.45. The molecule has 5 nitrogen and oxygen atoms in total. The largest absolute Gasteiger partial charge is 0.333 e. The number of likely N-dealkylation sites (N-methyl/N-ethyl adjacent to an activating group) is 1. The summed E-state index contributed by atoms with van der Waals surface area (Å²) in [5, 5.41) is 4.53. The van der Waals surface area contributed by atoms with E-state index in [1.807, 2.05) is 30.1 Å². The van der Waals surface area contributed by atoms with Gasteiger partial charge >= 0.3 is 0 Å². The third-order valence-electron chi connectivity index (χ3n) is 4.06. The smallest absolute Gasteiger partial charge is 0.270 e. The summed E-state index contributed by atoms with van der Waals surface area (Å²) in [5.74, 6) is -0.0874. The van der Waals surface area contributed by atoms with Crippen LogP contribution in [0.2, 0.25) is 0 Å². The highest BCUT2D eigenvalue weighted by Gasteiger charge is 2.29. The molecule has 3 rings (SSSR count). The van der Waals surface area contributed by atoms with Crippen LogP contribution in [0.3, 0.4) is 0 Å². The third kappa shape index (κ3) is 2.56. The summed E-state index contributed by atoms with van der Waals surface area (Å²) in [7, 11) is 1.89. The maximum absolute atomic E-state index is 12.7. The van der Waals surface area contributed by atoms with Crippen molar-refractivity contribution in [3.05, 3.63) is 46.4 Å². The van der Waals surface area contributed by atoms with Crippen molar-refractivity contribution in [3.63, 3.8) is 0 Å². The summed E-state index contributed by atoms with van der Waals surface area (Å²) in [6.45, 7) is 1.53. The maximum Gasteiger partial charge on any atom is 0.270 e. The first kappa shape index (κ1) is 13.8. The molecular weight excluding hydrogens is 266 g/mol. The molecule has 0 spiro atoms. The maximum atomic E-state index is 12.7.